The van der Waals surface area contributed by atoms with E-state index in [1.54, 1.807) is 0 Å². The molecule has 1 saturated heterocycles. The molecule has 0 spiro atoms. The van der Waals surface area contributed by atoms with E-state index in [1.807, 2.05) is 60.7 Å². The minimum atomic E-state index is -0.211. The van der Waals surface area contributed by atoms with Crippen molar-refractivity contribution in [3.05, 3.63) is 69.5 Å². The molecule has 2 aromatic rings. The third-order valence-electron chi connectivity index (χ3n) is 6.93. The Morgan fingerprint density at radius 3 is 1.40 bits per heavy atom. The van der Waals surface area contributed by atoms with Crippen molar-refractivity contribution >= 4 is 57.8 Å². The van der Waals surface area contributed by atoms with Crippen LogP contribution in [0.3, 0.4) is 0 Å². The molecular weight excluding hydrogens is 569 g/mol. The number of benzene rings is 2. The highest BCUT2D eigenvalue weighted by Crippen LogP contribution is 2.33. The summed E-state index contributed by atoms with van der Waals surface area (Å²) < 4.78 is 11.5. The highest BCUT2D eigenvalue weighted by Gasteiger charge is 2.32. The number of nitrogens with zero attached hydrogens (tertiary/aromatic N) is 4. The fraction of sp³-hybridized carbons (Fsp3) is 0.375. The van der Waals surface area contributed by atoms with Gasteiger partial charge in [-0.25, -0.2) is 0 Å². The van der Waals surface area contributed by atoms with E-state index < -0.39 is 0 Å². The average molecular weight is 605 g/mol. The predicted molar refractivity (Wildman–Crippen MR) is 173 cm³/mol. The van der Waals surface area contributed by atoms with E-state index >= 15 is 0 Å². The van der Waals surface area contributed by atoms with Gasteiger partial charge >= 0.3 is 0 Å². The van der Waals surface area contributed by atoms with Crippen LogP contribution in [0.5, 0.6) is 11.5 Å². The third-order valence-corrected chi connectivity index (χ3v) is 9.02. The number of unbranched alkanes of at least 4 members (excludes halogenated alkanes) is 2. The molecule has 2 aromatic carbocycles. The SMILES string of the molecule is CCCCOc1ccc(C=C2SC(N3CCN(C4=NC(=O)C(=Cc5ccc(OCCCC)cc5)S4)CC3)=NC2=O)cc1. The fourth-order valence-corrected chi connectivity index (χ4v) is 6.38. The van der Waals surface area contributed by atoms with Crippen molar-refractivity contribution in [2.24, 2.45) is 9.98 Å². The molecule has 3 heterocycles. The summed E-state index contributed by atoms with van der Waals surface area (Å²) in [6.07, 6.45) is 8.01. The Bertz CT molecular complexity index is 1290. The monoisotopic (exact) mass is 604 g/mol. The highest BCUT2D eigenvalue weighted by atomic mass is 32.2. The van der Waals surface area contributed by atoms with E-state index in [2.05, 4.69) is 33.6 Å². The topological polar surface area (TPSA) is 83.8 Å². The minimum absolute atomic E-state index is 0.211. The zero-order valence-corrected chi connectivity index (χ0v) is 25.7. The Morgan fingerprint density at radius 2 is 1.05 bits per heavy atom. The smallest absolute Gasteiger partial charge is 0.286 e. The molecule has 1 fully saturated rings. The Balaban J connectivity index is 1.11. The number of piperazine rings is 1. The summed E-state index contributed by atoms with van der Waals surface area (Å²) in [6.45, 7) is 8.48. The van der Waals surface area contributed by atoms with Gasteiger partial charge in [0.1, 0.15) is 11.5 Å². The van der Waals surface area contributed by atoms with E-state index in [4.69, 9.17) is 9.47 Å². The number of carbonyl (C=O) groups is 2. The molecule has 5 rings (SSSR count). The van der Waals surface area contributed by atoms with Gasteiger partial charge in [0.15, 0.2) is 10.3 Å². The quantitative estimate of drug-likeness (QED) is 0.231. The first-order valence-corrected chi connectivity index (χ1v) is 16.2. The van der Waals surface area contributed by atoms with Crippen LogP contribution in [-0.2, 0) is 9.59 Å². The summed E-state index contributed by atoms with van der Waals surface area (Å²) >= 11 is 2.83. The maximum Gasteiger partial charge on any atom is 0.286 e. The van der Waals surface area contributed by atoms with Crippen molar-refractivity contribution in [1.29, 1.82) is 0 Å². The van der Waals surface area contributed by atoms with E-state index in [0.717, 1.165) is 58.6 Å². The summed E-state index contributed by atoms with van der Waals surface area (Å²) in [5.74, 6) is 1.25. The maximum atomic E-state index is 12.6. The lowest BCUT2D eigenvalue weighted by Crippen LogP contribution is -2.49. The van der Waals surface area contributed by atoms with Gasteiger partial charge in [-0.3, -0.25) is 9.59 Å². The number of hydrogen-bond acceptors (Lipinski definition) is 8. The Labute approximate surface area is 255 Å². The van der Waals surface area contributed by atoms with Crippen molar-refractivity contribution in [3.8, 4) is 11.5 Å². The molecule has 0 radical (unpaired) electrons. The van der Waals surface area contributed by atoms with Crippen LogP contribution in [-0.4, -0.2) is 71.3 Å². The molecule has 3 aliphatic heterocycles. The number of amidine groups is 2. The zero-order chi connectivity index (χ0) is 29.3. The fourth-order valence-electron chi connectivity index (χ4n) is 4.45. The van der Waals surface area contributed by atoms with Gasteiger partial charge in [-0.05, 0) is 83.9 Å². The van der Waals surface area contributed by atoms with Gasteiger partial charge in [-0.2, -0.15) is 9.98 Å². The average Bonchev–Trinajstić information content (AvgIpc) is 3.56. The predicted octanol–water partition coefficient (Wildman–Crippen LogP) is 6.30. The molecule has 0 aromatic heterocycles. The molecule has 10 heteroatoms. The molecule has 0 aliphatic carbocycles. The van der Waals surface area contributed by atoms with Crippen LogP contribution in [0.4, 0.5) is 0 Å². The Kier molecular flexibility index (Phi) is 10.4. The summed E-state index contributed by atoms with van der Waals surface area (Å²) in [6, 6.07) is 15.6. The van der Waals surface area contributed by atoms with Gasteiger partial charge in [0.2, 0.25) is 0 Å². The van der Waals surface area contributed by atoms with Crippen molar-refractivity contribution < 1.29 is 19.1 Å². The lowest BCUT2D eigenvalue weighted by molar-refractivity contribution is -0.114. The first-order valence-electron chi connectivity index (χ1n) is 14.5. The number of rotatable bonds is 10. The molecule has 0 N–H and O–H groups in total. The van der Waals surface area contributed by atoms with E-state index in [1.165, 1.54) is 23.5 Å². The normalized spacial score (nSPS) is 19.1. The standard InChI is InChI=1S/C32H36N4O4S2/c1-3-5-19-39-25-11-7-23(8-12-25)21-27-29(37)33-31(41-27)35-15-17-36(18-16-35)32-34-30(38)28(42-32)22-24-9-13-26(14-10-24)40-20-6-4-2/h7-14,21-22H,3-6,15-20H2,1-2H3. The molecule has 42 heavy (non-hydrogen) atoms. The van der Waals surface area contributed by atoms with Crippen molar-refractivity contribution in [1.82, 2.24) is 9.80 Å². The molecule has 2 amide bonds. The molecule has 0 unspecified atom stereocenters. The molecule has 0 atom stereocenters. The molecular formula is C32H36N4O4S2. The summed E-state index contributed by atoms with van der Waals surface area (Å²) in [4.78, 5) is 39.4. The van der Waals surface area contributed by atoms with Gasteiger partial charge in [0.05, 0.1) is 23.0 Å². The van der Waals surface area contributed by atoms with Crippen molar-refractivity contribution in [2.75, 3.05) is 39.4 Å². The molecule has 3 aliphatic rings. The second-order valence-corrected chi connectivity index (χ2v) is 12.2. The van der Waals surface area contributed by atoms with Crippen LogP contribution in [0.2, 0.25) is 0 Å². The maximum absolute atomic E-state index is 12.6. The van der Waals surface area contributed by atoms with Crippen LogP contribution in [0.15, 0.2) is 68.3 Å². The Hall–Kier alpha value is -3.50. The third kappa shape index (κ3) is 7.86. The van der Waals surface area contributed by atoms with Crippen LogP contribution < -0.4 is 9.47 Å². The largest absolute Gasteiger partial charge is 0.494 e. The first kappa shape index (κ1) is 30.0. The van der Waals surface area contributed by atoms with Gasteiger partial charge < -0.3 is 19.3 Å². The Morgan fingerprint density at radius 1 is 0.667 bits per heavy atom. The van der Waals surface area contributed by atoms with Crippen molar-refractivity contribution in [2.45, 2.75) is 39.5 Å². The highest BCUT2D eigenvalue weighted by molar-refractivity contribution is 8.18. The summed E-state index contributed by atoms with van der Waals surface area (Å²) in [7, 11) is 0. The van der Waals surface area contributed by atoms with Crippen LogP contribution >= 0.6 is 23.5 Å². The number of hydrogen-bond donors (Lipinski definition) is 0. The molecule has 8 nitrogen and oxygen atoms in total. The van der Waals surface area contributed by atoms with Crippen LogP contribution in [0.25, 0.3) is 12.2 Å². The summed E-state index contributed by atoms with van der Waals surface area (Å²) in [5.41, 5.74) is 1.88. The van der Waals surface area contributed by atoms with Gasteiger partial charge in [-0.1, -0.05) is 51.0 Å². The second-order valence-electron chi connectivity index (χ2n) is 10.1. The second kappa shape index (κ2) is 14.6. The first-order chi connectivity index (χ1) is 20.5. The number of amides is 2. The van der Waals surface area contributed by atoms with Crippen molar-refractivity contribution in [3.63, 3.8) is 0 Å². The van der Waals surface area contributed by atoms with E-state index in [9.17, 15) is 9.59 Å². The van der Waals surface area contributed by atoms with Gasteiger partial charge in [0.25, 0.3) is 11.8 Å². The molecule has 220 valence electrons. The summed E-state index contributed by atoms with van der Waals surface area (Å²) in [5, 5.41) is 1.45. The van der Waals surface area contributed by atoms with E-state index in [0.29, 0.717) is 49.2 Å². The van der Waals surface area contributed by atoms with Gasteiger partial charge in [0, 0.05) is 26.2 Å². The molecule has 0 bridgehead atoms. The number of aliphatic imine (C=N–C) groups is 2. The number of carbonyl (C=O) groups excluding carboxylic acids is 2. The zero-order valence-electron chi connectivity index (χ0n) is 24.1. The lowest BCUT2D eigenvalue weighted by Gasteiger charge is -2.35. The van der Waals surface area contributed by atoms with E-state index in [-0.39, 0.29) is 11.8 Å². The number of thioether (sulfide) groups is 2. The lowest BCUT2D eigenvalue weighted by atomic mass is 10.2. The number of ether oxygens (including phenoxy) is 2. The molecule has 0 saturated carbocycles. The van der Waals surface area contributed by atoms with Crippen LogP contribution in [0, 0.1) is 0 Å². The minimum Gasteiger partial charge on any atom is -0.494 e. The van der Waals surface area contributed by atoms with Crippen LogP contribution in [0.1, 0.15) is 50.7 Å². The van der Waals surface area contributed by atoms with Gasteiger partial charge in [-0.15, -0.1) is 0 Å².